The molecular weight excluding hydrogens is 630 g/mol. The van der Waals surface area contributed by atoms with Crippen LogP contribution in [0.5, 0.6) is 0 Å². The van der Waals surface area contributed by atoms with Crippen molar-refractivity contribution in [3.05, 3.63) is 54.7 Å². The van der Waals surface area contributed by atoms with E-state index in [4.69, 9.17) is 0 Å². The van der Waals surface area contributed by atoms with Crippen LogP contribution in [-0.2, 0) is 12.8 Å². The van der Waals surface area contributed by atoms with Gasteiger partial charge in [-0.05, 0) is 106 Å². The number of nitrogens with zero attached hydrogens (tertiary/aromatic N) is 2. The van der Waals surface area contributed by atoms with Crippen LogP contribution in [-0.4, -0.2) is 6.01 Å². The SMILES string of the molecule is CCCCCC#CCc1cc(I)ccc1N=C=Nc1ccc(I)cc1CC#CCCCCC. The van der Waals surface area contributed by atoms with E-state index in [1.807, 2.05) is 12.1 Å². The Labute approximate surface area is 227 Å². The Morgan fingerprint density at radius 3 is 1.52 bits per heavy atom. The molecule has 0 bridgehead atoms. The predicted octanol–water partition coefficient (Wildman–Crippen LogP) is 9.29. The summed E-state index contributed by atoms with van der Waals surface area (Å²) in [6.45, 7) is 4.43. The summed E-state index contributed by atoms with van der Waals surface area (Å²) in [5, 5.41) is 0. The number of hydrogen-bond acceptors (Lipinski definition) is 2. The van der Waals surface area contributed by atoms with Crippen molar-refractivity contribution in [1.29, 1.82) is 0 Å². The van der Waals surface area contributed by atoms with E-state index < -0.39 is 0 Å². The average Bonchev–Trinajstić information content (AvgIpc) is 2.81. The summed E-state index contributed by atoms with van der Waals surface area (Å²) in [5.74, 6) is 13.2. The van der Waals surface area contributed by atoms with Crippen molar-refractivity contribution in [2.24, 2.45) is 9.98 Å². The third kappa shape index (κ3) is 11.4. The smallest absolute Gasteiger partial charge is 0.100 e. The minimum atomic E-state index is 0.700. The lowest BCUT2D eigenvalue weighted by atomic mass is 10.1. The van der Waals surface area contributed by atoms with Crippen LogP contribution in [0.4, 0.5) is 11.4 Å². The second kappa shape index (κ2) is 16.9. The fourth-order valence-electron chi connectivity index (χ4n) is 3.16. The van der Waals surface area contributed by atoms with Gasteiger partial charge in [-0.2, -0.15) is 9.98 Å². The molecule has 0 saturated carbocycles. The Kier molecular flexibility index (Phi) is 14.2. The number of rotatable bonds is 10. The number of unbranched alkanes of at least 4 members (excludes halogenated alkanes) is 6. The van der Waals surface area contributed by atoms with Crippen molar-refractivity contribution in [1.82, 2.24) is 0 Å². The van der Waals surface area contributed by atoms with Gasteiger partial charge in [0.25, 0.3) is 0 Å². The molecule has 0 amide bonds. The Balaban J connectivity index is 2.14. The van der Waals surface area contributed by atoms with E-state index in [1.54, 1.807) is 0 Å². The zero-order valence-electron chi connectivity index (χ0n) is 19.7. The molecular formula is C29H32I2N2. The molecule has 0 saturated heterocycles. The van der Waals surface area contributed by atoms with Crippen LogP contribution >= 0.6 is 45.2 Å². The molecule has 2 aromatic carbocycles. The number of hydrogen-bond donors (Lipinski definition) is 0. The summed E-state index contributed by atoms with van der Waals surface area (Å²) in [6.07, 6.45) is 10.6. The lowest BCUT2D eigenvalue weighted by Gasteiger charge is -2.02. The van der Waals surface area contributed by atoms with Crippen LogP contribution in [0.15, 0.2) is 46.4 Å². The van der Waals surface area contributed by atoms with E-state index in [9.17, 15) is 0 Å². The highest BCUT2D eigenvalue weighted by molar-refractivity contribution is 14.1. The molecule has 33 heavy (non-hydrogen) atoms. The Bertz CT molecular complexity index is 991. The highest BCUT2D eigenvalue weighted by Gasteiger charge is 2.02. The molecule has 0 atom stereocenters. The molecule has 0 heterocycles. The maximum atomic E-state index is 4.54. The summed E-state index contributed by atoms with van der Waals surface area (Å²) in [5.41, 5.74) is 4.00. The zero-order valence-corrected chi connectivity index (χ0v) is 24.0. The largest absolute Gasteiger partial charge is 0.187 e. The van der Waals surface area contributed by atoms with Crippen LogP contribution < -0.4 is 0 Å². The molecule has 172 valence electrons. The summed E-state index contributed by atoms with van der Waals surface area (Å²) in [4.78, 5) is 9.08. The first-order valence-corrected chi connectivity index (χ1v) is 13.9. The van der Waals surface area contributed by atoms with Gasteiger partial charge < -0.3 is 0 Å². The molecule has 2 aromatic rings. The van der Waals surface area contributed by atoms with Crippen LogP contribution in [0.3, 0.4) is 0 Å². The second-order valence-electron chi connectivity index (χ2n) is 7.84. The third-order valence-electron chi connectivity index (χ3n) is 5.04. The molecule has 0 unspecified atom stereocenters. The van der Waals surface area contributed by atoms with Crippen molar-refractivity contribution in [2.45, 2.75) is 78.1 Å². The molecule has 2 rings (SSSR count). The van der Waals surface area contributed by atoms with Crippen molar-refractivity contribution < 1.29 is 0 Å². The monoisotopic (exact) mass is 662 g/mol. The van der Waals surface area contributed by atoms with E-state index in [1.165, 1.54) is 45.7 Å². The molecule has 0 fully saturated rings. The van der Waals surface area contributed by atoms with E-state index in [-0.39, 0.29) is 0 Å². The molecule has 0 spiro atoms. The van der Waals surface area contributed by atoms with Gasteiger partial charge in [0, 0.05) is 32.8 Å². The maximum Gasteiger partial charge on any atom is 0.100 e. The molecule has 0 N–H and O–H groups in total. The highest BCUT2D eigenvalue weighted by Crippen LogP contribution is 2.24. The minimum absolute atomic E-state index is 0.700. The average molecular weight is 662 g/mol. The van der Waals surface area contributed by atoms with Crippen LogP contribution in [0, 0.1) is 30.8 Å². The third-order valence-corrected chi connectivity index (χ3v) is 6.38. The van der Waals surface area contributed by atoms with Gasteiger partial charge in [0.05, 0.1) is 11.4 Å². The molecule has 0 aliphatic carbocycles. The van der Waals surface area contributed by atoms with Crippen LogP contribution in [0.25, 0.3) is 0 Å². The minimum Gasteiger partial charge on any atom is -0.187 e. The van der Waals surface area contributed by atoms with Gasteiger partial charge in [0.2, 0.25) is 0 Å². The molecule has 0 radical (unpaired) electrons. The Hall–Kier alpha value is -1.60. The normalized spacial score (nSPS) is 9.82. The highest BCUT2D eigenvalue weighted by atomic mass is 127. The van der Waals surface area contributed by atoms with Gasteiger partial charge in [0.1, 0.15) is 6.01 Å². The fraction of sp³-hybridized carbons (Fsp3) is 0.414. The quantitative estimate of drug-likeness (QED) is 0.105. The van der Waals surface area contributed by atoms with Crippen LogP contribution in [0.1, 0.15) is 76.3 Å². The predicted molar refractivity (Wildman–Crippen MR) is 159 cm³/mol. The van der Waals surface area contributed by atoms with Crippen molar-refractivity contribution in [3.8, 4) is 23.7 Å². The Morgan fingerprint density at radius 2 is 1.09 bits per heavy atom. The summed E-state index contributed by atoms with van der Waals surface area (Å²) in [6, 6.07) is 15.4. The molecule has 2 nitrogen and oxygen atoms in total. The van der Waals surface area contributed by atoms with Gasteiger partial charge in [-0.15, -0.1) is 11.8 Å². The first-order chi connectivity index (χ1) is 16.1. The van der Waals surface area contributed by atoms with E-state index in [0.29, 0.717) is 12.8 Å². The van der Waals surface area contributed by atoms with Crippen molar-refractivity contribution >= 4 is 62.6 Å². The fourth-order valence-corrected chi connectivity index (χ4v) is 4.27. The number of halogens is 2. The second-order valence-corrected chi connectivity index (χ2v) is 10.3. The molecule has 4 heteroatoms. The maximum absolute atomic E-state index is 4.54. The first-order valence-electron chi connectivity index (χ1n) is 11.8. The lowest BCUT2D eigenvalue weighted by molar-refractivity contribution is 0.737. The molecule has 0 aromatic heterocycles. The topological polar surface area (TPSA) is 24.7 Å². The number of benzene rings is 2. The van der Waals surface area contributed by atoms with Gasteiger partial charge in [-0.1, -0.05) is 51.4 Å². The van der Waals surface area contributed by atoms with Gasteiger partial charge in [-0.3, -0.25) is 0 Å². The van der Waals surface area contributed by atoms with Crippen LogP contribution in [0.2, 0.25) is 0 Å². The van der Waals surface area contributed by atoms with E-state index in [2.05, 4.69) is 123 Å². The van der Waals surface area contributed by atoms with Crippen molar-refractivity contribution in [3.63, 3.8) is 0 Å². The first kappa shape index (κ1) is 27.6. The lowest BCUT2D eigenvalue weighted by Crippen LogP contribution is -1.86. The summed E-state index contributed by atoms with van der Waals surface area (Å²) in [7, 11) is 0. The standard InChI is InChI=1S/C29H32I2N2/c1-3-5-7-9-11-13-15-24-21-26(30)17-19-28(24)32-23-33-29-20-18-27(31)22-25(29)16-14-12-10-8-6-4-2/h17-22H,3-10,15-16H2,1-2H3. The molecule has 0 aliphatic heterocycles. The summed E-state index contributed by atoms with van der Waals surface area (Å²) >= 11 is 4.66. The van der Waals surface area contributed by atoms with E-state index >= 15 is 0 Å². The van der Waals surface area contributed by atoms with Gasteiger partial charge in [0.15, 0.2) is 0 Å². The zero-order chi connectivity index (χ0) is 23.7. The Morgan fingerprint density at radius 1 is 0.636 bits per heavy atom. The van der Waals surface area contributed by atoms with Gasteiger partial charge >= 0.3 is 0 Å². The number of aliphatic imine (C=N–C) groups is 2. The molecule has 0 aliphatic rings. The summed E-state index contributed by atoms with van der Waals surface area (Å²) < 4.78 is 2.37. The van der Waals surface area contributed by atoms with Gasteiger partial charge in [-0.25, -0.2) is 0 Å². The van der Waals surface area contributed by atoms with Crippen molar-refractivity contribution in [2.75, 3.05) is 0 Å². The van der Waals surface area contributed by atoms with E-state index in [0.717, 1.165) is 35.3 Å².